The predicted octanol–water partition coefficient (Wildman–Crippen LogP) is 3.09. The molecule has 2 atom stereocenters. The van der Waals surface area contributed by atoms with Gasteiger partial charge in [-0.2, -0.15) is 0 Å². The zero-order valence-corrected chi connectivity index (χ0v) is 14.6. The third-order valence-electron chi connectivity index (χ3n) is 4.86. The summed E-state index contributed by atoms with van der Waals surface area (Å²) in [6, 6.07) is 9.38. The Hall–Kier alpha value is -2.86. The Kier molecular flexibility index (Phi) is 4.58. The Morgan fingerprint density at radius 2 is 2.04 bits per heavy atom. The zero-order chi connectivity index (χ0) is 17.9. The first-order valence-corrected chi connectivity index (χ1v) is 8.63. The van der Waals surface area contributed by atoms with E-state index in [1.165, 1.54) is 5.56 Å². The minimum absolute atomic E-state index is 0.170. The van der Waals surface area contributed by atoms with E-state index >= 15 is 0 Å². The molecule has 1 fully saturated rings. The Morgan fingerprint density at radius 1 is 1.19 bits per heavy atom. The number of phenolic OH excluding ortho intramolecular Hbond substituents is 1. The Morgan fingerprint density at radius 3 is 2.85 bits per heavy atom. The lowest BCUT2D eigenvalue weighted by Gasteiger charge is -2.22. The Balaban J connectivity index is 1.66. The molecule has 0 amide bonds. The van der Waals surface area contributed by atoms with Crippen molar-refractivity contribution in [2.75, 3.05) is 20.3 Å². The molecule has 0 radical (unpaired) electrons. The van der Waals surface area contributed by atoms with Gasteiger partial charge in [-0.25, -0.2) is 4.98 Å². The fourth-order valence-corrected chi connectivity index (χ4v) is 3.57. The summed E-state index contributed by atoms with van der Waals surface area (Å²) in [5.41, 5.74) is 2.11. The van der Waals surface area contributed by atoms with Crippen molar-refractivity contribution in [3.63, 3.8) is 0 Å². The molecule has 6 heteroatoms. The molecule has 3 aromatic rings. The summed E-state index contributed by atoms with van der Waals surface area (Å²) in [4.78, 5) is 8.63. The monoisotopic (exact) mass is 351 g/mol. The van der Waals surface area contributed by atoms with Crippen molar-refractivity contribution in [3.05, 3.63) is 60.7 Å². The van der Waals surface area contributed by atoms with Gasteiger partial charge >= 0.3 is 0 Å². The molecule has 2 aromatic heterocycles. The highest BCUT2D eigenvalue weighted by atomic mass is 16.5. The second-order valence-electron chi connectivity index (χ2n) is 6.47. The molecule has 1 aliphatic heterocycles. The second-order valence-corrected chi connectivity index (χ2v) is 6.47. The van der Waals surface area contributed by atoms with Crippen LogP contribution in [0.2, 0.25) is 0 Å². The molecule has 0 bridgehead atoms. The largest absolute Gasteiger partial charge is 0.508 e. The van der Waals surface area contributed by atoms with Crippen LogP contribution in [0.5, 0.6) is 11.5 Å². The predicted molar refractivity (Wildman–Crippen MR) is 97.2 cm³/mol. The lowest BCUT2D eigenvalue weighted by atomic mass is 9.95. The van der Waals surface area contributed by atoms with E-state index in [1.807, 2.05) is 36.8 Å². The SMILES string of the molecule is COc1cc(O)ccc1-c1nccn1[C@@H]1COC[C@H]1Cc1ccncc1. The first-order valence-electron chi connectivity index (χ1n) is 8.63. The number of aromatic hydroxyl groups is 1. The van der Waals surface area contributed by atoms with E-state index in [2.05, 4.69) is 14.5 Å². The van der Waals surface area contributed by atoms with Crippen LogP contribution < -0.4 is 4.74 Å². The van der Waals surface area contributed by atoms with Gasteiger partial charge in [-0.15, -0.1) is 0 Å². The van der Waals surface area contributed by atoms with Gasteiger partial charge < -0.3 is 19.1 Å². The van der Waals surface area contributed by atoms with Crippen LogP contribution in [0.25, 0.3) is 11.4 Å². The van der Waals surface area contributed by atoms with E-state index < -0.39 is 0 Å². The van der Waals surface area contributed by atoms with Crippen molar-refractivity contribution < 1.29 is 14.6 Å². The zero-order valence-electron chi connectivity index (χ0n) is 14.6. The molecule has 1 aromatic carbocycles. The Bertz CT molecular complexity index is 879. The van der Waals surface area contributed by atoms with E-state index in [0.29, 0.717) is 18.3 Å². The van der Waals surface area contributed by atoms with Crippen LogP contribution in [0.1, 0.15) is 11.6 Å². The lowest BCUT2D eigenvalue weighted by Crippen LogP contribution is -2.20. The fraction of sp³-hybridized carbons (Fsp3) is 0.300. The third kappa shape index (κ3) is 3.15. The summed E-state index contributed by atoms with van der Waals surface area (Å²) >= 11 is 0. The summed E-state index contributed by atoms with van der Waals surface area (Å²) in [5, 5.41) is 9.72. The van der Waals surface area contributed by atoms with E-state index in [9.17, 15) is 5.11 Å². The molecule has 26 heavy (non-hydrogen) atoms. The second kappa shape index (κ2) is 7.17. The van der Waals surface area contributed by atoms with Gasteiger partial charge in [-0.05, 0) is 36.2 Å². The lowest BCUT2D eigenvalue weighted by molar-refractivity contribution is 0.181. The summed E-state index contributed by atoms with van der Waals surface area (Å²) in [6.07, 6.45) is 8.36. The highest BCUT2D eigenvalue weighted by Crippen LogP contribution is 2.36. The first kappa shape index (κ1) is 16.6. The average molecular weight is 351 g/mol. The van der Waals surface area contributed by atoms with Gasteiger partial charge in [-0.3, -0.25) is 4.98 Å². The van der Waals surface area contributed by atoms with Crippen LogP contribution in [0, 0.1) is 5.92 Å². The van der Waals surface area contributed by atoms with Crippen LogP contribution in [0.3, 0.4) is 0 Å². The summed E-state index contributed by atoms with van der Waals surface area (Å²) < 4.78 is 13.4. The van der Waals surface area contributed by atoms with E-state index in [4.69, 9.17) is 9.47 Å². The van der Waals surface area contributed by atoms with Gasteiger partial charge in [0.2, 0.25) is 0 Å². The molecule has 0 spiro atoms. The van der Waals surface area contributed by atoms with Crippen LogP contribution in [0.15, 0.2) is 55.1 Å². The van der Waals surface area contributed by atoms with E-state index in [1.54, 1.807) is 25.4 Å². The maximum atomic E-state index is 9.72. The van der Waals surface area contributed by atoms with Crippen molar-refractivity contribution in [3.8, 4) is 22.9 Å². The molecule has 1 N–H and O–H groups in total. The number of nitrogens with zero attached hydrogens (tertiary/aromatic N) is 3. The molecule has 3 heterocycles. The molecule has 1 aliphatic rings. The standard InChI is InChI=1S/C20H21N3O3/c1-25-19-11-16(24)2-3-17(19)20-22-8-9-23(20)18-13-26-12-15(18)10-14-4-6-21-7-5-14/h2-9,11,15,18,24H,10,12-13H2,1H3/t15-,18-/m1/s1. The molecule has 134 valence electrons. The van der Waals surface area contributed by atoms with Crippen LogP contribution >= 0.6 is 0 Å². The average Bonchev–Trinajstić information content (AvgIpc) is 3.31. The minimum atomic E-state index is 0.170. The summed E-state index contributed by atoms with van der Waals surface area (Å²) in [7, 11) is 1.59. The molecule has 1 saturated heterocycles. The summed E-state index contributed by atoms with van der Waals surface area (Å²) in [6.45, 7) is 1.37. The van der Waals surface area contributed by atoms with Crippen molar-refractivity contribution in [1.29, 1.82) is 0 Å². The number of phenols is 1. The number of hydrogen-bond acceptors (Lipinski definition) is 5. The molecule has 0 saturated carbocycles. The molecule has 6 nitrogen and oxygen atoms in total. The van der Waals surface area contributed by atoms with Crippen molar-refractivity contribution in [1.82, 2.24) is 14.5 Å². The number of benzene rings is 1. The molecule has 0 unspecified atom stereocenters. The van der Waals surface area contributed by atoms with Gasteiger partial charge in [0.15, 0.2) is 0 Å². The topological polar surface area (TPSA) is 69.4 Å². The highest BCUT2D eigenvalue weighted by molar-refractivity contribution is 5.66. The number of aromatic nitrogens is 3. The number of imidazole rings is 1. The van der Waals surface area contributed by atoms with Gasteiger partial charge in [0.1, 0.15) is 17.3 Å². The maximum absolute atomic E-state index is 9.72. The highest BCUT2D eigenvalue weighted by Gasteiger charge is 2.31. The van der Waals surface area contributed by atoms with Gasteiger partial charge in [0.05, 0.1) is 31.9 Å². The third-order valence-corrected chi connectivity index (χ3v) is 4.86. The van der Waals surface area contributed by atoms with Gasteiger partial charge in [0.25, 0.3) is 0 Å². The van der Waals surface area contributed by atoms with Crippen molar-refractivity contribution in [2.45, 2.75) is 12.5 Å². The minimum Gasteiger partial charge on any atom is -0.508 e. The van der Waals surface area contributed by atoms with Crippen LogP contribution in [-0.2, 0) is 11.2 Å². The number of methoxy groups -OCH3 is 1. The van der Waals surface area contributed by atoms with Gasteiger partial charge in [-0.1, -0.05) is 0 Å². The number of rotatable bonds is 5. The molecule has 0 aliphatic carbocycles. The maximum Gasteiger partial charge on any atom is 0.143 e. The van der Waals surface area contributed by atoms with Gasteiger partial charge in [0, 0.05) is 36.8 Å². The molecule has 4 rings (SSSR count). The van der Waals surface area contributed by atoms with E-state index in [-0.39, 0.29) is 11.8 Å². The molecular formula is C20H21N3O3. The van der Waals surface area contributed by atoms with Crippen LogP contribution in [0.4, 0.5) is 0 Å². The van der Waals surface area contributed by atoms with Crippen molar-refractivity contribution in [2.24, 2.45) is 5.92 Å². The van der Waals surface area contributed by atoms with E-state index in [0.717, 1.165) is 24.4 Å². The van der Waals surface area contributed by atoms with Crippen LogP contribution in [-0.4, -0.2) is 40.0 Å². The normalized spacial score (nSPS) is 19.6. The summed E-state index contributed by atoms with van der Waals surface area (Å²) in [5.74, 6) is 1.94. The smallest absolute Gasteiger partial charge is 0.143 e. The number of pyridine rings is 1. The number of ether oxygens (including phenoxy) is 2. The fourth-order valence-electron chi connectivity index (χ4n) is 3.57. The molecular weight excluding hydrogens is 330 g/mol. The first-order chi connectivity index (χ1) is 12.8. The quantitative estimate of drug-likeness (QED) is 0.765. The Labute approximate surface area is 152 Å². The number of hydrogen-bond donors (Lipinski definition) is 1. The van der Waals surface area contributed by atoms with Crippen molar-refractivity contribution >= 4 is 0 Å².